The average molecular weight is 329 g/mol. The number of hydrogen-bond donors (Lipinski definition) is 1. The van der Waals surface area contributed by atoms with Gasteiger partial charge < -0.3 is 10.2 Å². The average Bonchev–Trinajstić information content (AvgIpc) is 2.94. The Hall–Kier alpha value is -2.33. The number of nitrogens with zero attached hydrogens (tertiary/aromatic N) is 1. The summed E-state index contributed by atoms with van der Waals surface area (Å²) < 4.78 is 0. The third-order valence-electron chi connectivity index (χ3n) is 4.05. The smallest absolute Gasteiger partial charge is 0.255 e. The van der Waals surface area contributed by atoms with Crippen molar-refractivity contribution in [2.45, 2.75) is 20.3 Å². The number of nitrogens with one attached hydrogen (secondary N) is 1. The molecule has 0 saturated heterocycles. The van der Waals surface area contributed by atoms with Gasteiger partial charge in [-0.3, -0.25) is 9.59 Å². The number of benzene rings is 2. The Balaban J connectivity index is 1.81. The van der Waals surface area contributed by atoms with Gasteiger partial charge in [-0.1, -0.05) is 17.7 Å². The van der Waals surface area contributed by atoms with Gasteiger partial charge in [-0.2, -0.15) is 0 Å². The number of rotatable bonds is 2. The fourth-order valence-electron chi connectivity index (χ4n) is 2.74. The van der Waals surface area contributed by atoms with E-state index in [2.05, 4.69) is 5.32 Å². The van der Waals surface area contributed by atoms with E-state index < -0.39 is 0 Å². The molecule has 0 radical (unpaired) electrons. The van der Waals surface area contributed by atoms with Gasteiger partial charge in [0.15, 0.2) is 0 Å². The van der Waals surface area contributed by atoms with Gasteiger partial charge in [-0.15, -0.1) is 0 Å². The van der Waals surface area contributed by atoms with Crippen molar-refractivity contribution in [1.29, 1.82) is 0 Å². The van der Waals surface area contributed by atoms with Gasteiger partial charge >= 0.3 is 0 Å². The van der Waals surface area contributed by atoms with Gasteiger partial charge in [0.05, 0.1) is 0 Å². The molecule has 0 aliphatic carbocycles. The third kappa shape index (κ3) is 3.08. The van der Waals surface area contributed by atoms with Crippen LogP contribution in [0.25, 0.3) is 0 Å². The molecule has 118 valence electrons. The van der Waals surface area contributed by atoms with Crippen molar-refractivity contribution in [3.63, 3.8) is 0 Å². The molecular weight excluding hydrogens is 312 g/mol. The molecule has 2 aromatic rings. The summed E-state index contributed by atoms with van der Waals surface area (Å²) in [6, 6.07) is 10.9. The lowest BCUT2D eigenvalue weighted by molar-refractivity contribution is -0.116. The number of carbonyl (C=O) groups is 2. The number of carbonyl (C=O) groups excluding carboxylic acids is 2. The van der Waals surface area contributed by atoms with E-state index in [9.17, 15) is 9.59 Å². The first-order chi connectivity index (χ1) is 11.0. The number of halogens is 1. The fourth-order valence-corrected chi connectivity index (χ4v) is 2.92. The molecule has 1 heterocycles. The summed E-state index contributed by atoms with van der Waals surface area (Å²) in [5.41, 5.74) is 4.12. The van der Waals surface area contributed by atoms with Crippen molar-refractivity contribution in [3.05, 3.63) is 58.1 Å². The normalized spacial score (nSPS) is 12.9. The maximum absolute atomic E-state index is 12.4. The van der Waals surface area contributed by atoms with Gasteiger partial charge in [0.2, 0.25) is 5.91 Å². The van der Waals surface area contributed by atoms with Crippen LogP contribution in [-0.4, -0.2) is 18.4 Å². The van der Waals surface area contributed by atoms with Gasteiger partial charge in [-0.05, 0) is 54.8 Å². The number of fused-ring (bicyclic) bond motifs is 1. The summed E-state index contributed by atoms with van der Waals surface area (Å²) in [7, 11) is 0. The Morgan fingerprint density at radius 2 is 1.96 bits per heavy atom. The van der Waals surface area contributed by atoms with E-state index in [1.165, 1.54) is 0 Å². The summed E-state index contributed by atoms with van der Waals surface area (Å²) in [6.45, 7) is 4.13. The Kier molecular flexibility index (Phi) is 4.09. The van der Waals surface area contributed by atoms with Crippen molar-refractivity contribution in [2.75, 3.05) is 16.8 Å². The van der Waals surface area contributed by atoms with E-state index >= 15 is 0 Å². The minimum atomic E-state index is -0.186. The quantitative estimate of drug-likeness (QED) is 0.911. The van der Waals surface area contributed by atoms with Crippen molar-refractivity contribution in [3.8, 4) is 0 Å². The number of hydrogen-bond acceptors (Lipinski definition) is 2. The molecule has 5 heteroatoms. The molecule has 1 N–H and O–H groups in total. The second kappa shape index (κ2) is 6.05. The van der Waals surface area contributed by atoms with Crippen molar-refractivity contribution in [1.82, 2.24) is 0 Å². The van der Waals surface area contributed by atoms with E-state index in [1.54, 1.807) is 24.0 Å². The summed E-state index contributed by atoms with van der Waals surface area (Å²) in [4.78, 5) is 25.7. The Labute approximate surface area is 140 Å². The molecule has 2 aromatic carbocycles. The zero-order valence-corrected chi connectivity index (χ0v) is 13.8. The molecule has 0 saturated carbocycles. The predicted molar refractivity (Wildman–Crippen MR) is 92.3 cm³/mol. The molecule has 0 spiro atoms. The standard InChI is InChI=1S/C18H17ClN2O2/c1-11-3-5-15(10-16(11)19)20-18(23)14-4-6-17-13(9-14)7-8-21(17)12(2)22/h3-6,9-10H,7-8H2,1-2H3,(H,20,23). The molecule has 0 bridgehead atoms. The monoisotopic (exact) mass is 328 g/mol. The van der Waals surface area contributed by atoms with Crippen LogP contribution >= 0.6 is 11.6 Å². The fraction of sp³-hybridized carbons (Fsp3) is 0.222. The van der Waals surface area contributed by atoms with Crippen LogP contribution < -0.4 is 10.2 Å². The molecule has 0 fully saturated rings. The van der Waals surface area contributed by atoms with Gasteiger partial charge in [0.1, 0.15) is 0 Å². The molecule has 23 heavy (non-hydrogen) atoms. The lowest BCUT2D eigenvalue weighted by Gasteiger charge is -2.14. The molecule has 2 amide bonds. The van der Waals surface area contributed by atoms with Crippen LogP contribution in [0.4, 0.5) is 11.4 Å². The zero-order chi connectivity index (χ0) is 16.6. The first-order valence-electron chi connectivity index (χ1n) is 7.44. The van der Waals surface area contributed by atoms with Crippen LogP contribution in [0.15, 0.2) is 36.4 Å². The lowest BCUT2D eigenvalue weighted by Crippen LogP contribution is -2.25. The molecular formula is C18H17ClN2O2. The summed E-state index contributed by atoms with van der Waals surface area (Å²) >= 11 is 6.08. The number of amides is 2. The Morgan fingerprint density at radius 3 is 2.65 bits per heavy atom. The Morgan fingerprint density at radius 1 is 1.17 bits per heavy atom. The molecule has 1 aliphatic heterocycles. The van der Waals surface area contributed by atoms with Gasteiger partial charge in [-0.25, -0.2) is 0 Å². The van der Waals surface area contributed by atoms with Crippen LogP contribution in [-0.2, 0) is 11.2 Å². The van der Waals surface area contributed by atoms with Crippen molar-refractivity contribution < 1.29 is 9.59 Å². The second-order valence-electron chi connectivity index (χ2n) is 5.68. The summed E-state index contributed by atoms with van der Waals surface area (Å²) in [5.74, 6) is -0.163. The molecule has 1 aliphatic rings. The molecule has 0 unspecified atom stereocenters. The highest BCUT2D eigenvalue weighted by Crippen LogP contribution is 2.29. The van der Waals surface area contributed by atoms with E-state index in [4.69, 9.17) is 11.6 Å². The lowest BCUT2D eigenvalue weighted by atomic mass is 10.1. The molecule has 4 nitrogen and oxygen atoms in total. The van der Waals surface area contributed by atoms with E-state index in [0.717, 1.165) is 23.2 Å². The second-order valence-corrected chi connectivity index (χ2v) is 6.09. The minimum absolute atomic E-state index is 0.0234. The van der Waals surface area contributed by atoms with E-state index in [-0.39, 0.29) is 11.8 Å². The van der Waals surface area contributed by atoms with E-state index in [0.29, 0.717) is 22.8 Å². The van der Waals surface area contributed by atoms with E-state index in [1.807, 2.05) is 31.2 Å². The number of aryl methyl sites for hydroxylation is 1. The first-order valence-corrected chi connectivity index (χ1v) is 7.82. The van der Waals surface area contributed by atoms with Crippen LogP contribution in [0, 0.1) is 6.92 Å². The van der Waals surface area contributed by atoms with Crippen LogP contribution in [0.1, 0.15) is 28.4 Å². The third-order valence-corrected chi connectivity index (χ3v) is 4.45. The summed E-state index contributed by atoms with van der Waals surface area (Å²) in [6.07, 6.45) is 0.770. The van der Waals surface area contributed by atoms with Crippen molar-refractivity contribution >= 4 is 34.8 Å². The maximum atomic E-state index is 12.4. The SMILES string of the molecule is CC(=O)N1CCc2cc(C(=O)Nc3ccc(C)c(Cl)c3)ccc21. The van der Waals surface area contributed by atoms with Gasteiger partial charge in [0.25, 0.3) is 5.91 Å². The molecule has 3 rings (SSSR count). The zero-order valence-electron chi connectivity index (χ0n) is 13.0. The van der Waals surface area contributed by atoms with Crippen LogP contribution in [0.5, 0.6) is 0 Å². The van der Waals surface area contributed by atoms with Crippen molar-refractivity contribution in [2.24, 2.45) is 0 Å². The minimum Gasteiger partial charge on any atom is -0.322 e. The van der Waals surface area contributed by atoms with Crippen LogP contribution in [0.3, 0.4) is 0 Å². The molecule has 0 atom stereocenters. The maximum Gasteiger partial charge on any atom is 0.255 e. The highest BCUT2D eigenvalue weighted by atomic mass is 35.5. The first kappa shape index (κ1) is 15.6. The topological polar surface area (TPSA) is 49.4 Å². The highest BCUT2D eigenvalue weighted by Gasteiger charge is 2.23. The molecule has 0 aromatic heterocycles. The predicted octanol–water partition coefficient (Wildman–Crippen LogP) is 3.81. The summed E-state index contributed by atoms with van der Waals surface area (Å²) in [5, 5.41) is 3.47. The van der Waals surface area contributed by atoms with Crippen LogP contribution in [0.2, 0.25) is 5.02 Å². The number of anilines is 2. The largest absolute Gasteiger partial charge is 0.322 e. The van der Waals surface area contributed by atoms with Gasteiger partial charge in [0, 0.05) is 35.4 Å². The Bertz CT molecular complexity index is 802. The highest BCUT2D eigenvalue weighted by molar-refractivity contribution is 6.31.